The highest BCUT2D eigenvalue weighted by atomic mass is 35.5. The molecule has 2 rings (SSSR count). The van der Waals surface area contributed by atoms with Gasteiger partial charge in [-0.1, -0.05) is 36.4 Å². The molecule has 0 radical (unpaired) electrons. The summed E-state index contributed by atoms with van der Waals surface area (Å²) in [5, 5.41) is 4.60. The average Bonchev–Trinajstić information content (AvgIpc) is 2.41. The van der Waals surface area contributed by atoms with Gasteiger partial charge in [0.15, 0.2) is 5.16 Å². The molecule has 0 amide bonds. The zero-order valence-corrected chi connectivity index (χ0v) is 12.7. The summed E-state index contributed by atoms with van der Waals surface area (Å²) in [4.78, 5) is 18.9. The van der Waals surface area contributed by atoms with Crippen molar-refractivity contribution in [1.82, 2.24) is 15.3 Å². The SMILES string of the molecule is CCCNCc1ccc(Sc2nccc(=O)[nH]2)cc1Cl. The minimum absolute atomic E-state index is 0.158. The molecule has 0 bridgehead atoms. The van der Waals surface area contributed by atoms with E-state index >= 15 is 0 Å². The van der Waals surface area contributed by atoms with Crippen LogP contribution in [0.3, 0.4) is 0 Å². The molecule has 1 heterocycles. The maximum absolute atomic E-state index is 11.2. The Labute approximate surface area is 127 Å². The molecule has 6 heteroatoms. The highest BCUT2D eigenvalue weighted by Crippen LogP contribution is 2.28. The summed E-state index contributed by atoms with van der Waals surface area (Å²) in [6, 6.07) is 7.25. The molecule has 0 aliphatic heterocycles. The molecule has 0 saturated carbocycles. The summed E-state index contributed by atoms with van der Waals surface area (Å²) in [6.45, 7) is 3.86. The van der Waals surface area contributed by atoms with Gasteiger partial charge in [0.2, 0.25) is 0 Å². The lowest BCUT2D eigenvalue weighted by molar-refractivity contribution is 0.675. The van der Waals surface area contributed by atoms with Crippen LogP contribution in [-0.2, 0) is 6.54 Å². The van der Waals surface area contributed by atoms with E-state index in [0.717, 1.165) is 35.0 Å². The van der Waals surface area contributed by atoms with Gasteiger partial charge in [0.05, 0.1) is 0 Å². The highest BCUT2D eigenvalue weighted by Gasteiger charge is 2.04. The van der Waals surface area contributed by atoms with E-state index in [1.165, 1.54) is 24.0 Å². The van der Waals surface area contributed by atoms with E-state index in [2.05, 4.69) is 22.2 Å². The molecular weight excluding hydrogens is 294 g/mol. The summed E-state index contributed by atoms with van der Waals surface area (Å²) in [6.07, 6.45) is 2.59. The fourth-order valence-corrected chi connectivity index (χ4v) is 2.76. The molecule has 20 heavy (non-hydrogen) atoms. The quantitative estimate of drug-likeness (QED) is 0.636. The number of hydrogen-bond acceptors (Lipinski definition) is 4. The lowest BCUT2D eigenvalue weighted by atomic mass is 10.2. The molecule has 0 atom stereocenters. The molecule has 1 aromatic heterocycles. The molecule has 0 aliphatic rings. The molecule has 4 nitrogen and oxygen atoms in total. The van der Waals surface area contributed by atoms with Crippen LogP contribution in [-0.4, -0.2) is 16.5 Å². The van der Waals surface area contributed by atoms with Crippen molar-refractivity contribution in [2.45, 2.75) is 29.9 Å². The van der Waals surface area contributed by atoms with Crippen molar-refractivity contribution in [3.63, 3.8) is 0 Å². The van der Waals surface area contributed by atoms with Crippen molar-refractivity contribution in [2.24, 2.45) is 0 Å². The molecule has 0 unspecified atom stereocenters. The standard InChI is InChI=1S/C14H16ClN3OS/c1-2-6-16-9-10-3-4-11(8-12(10)15)20-14-17-7-5-13(19)18-14/h3-5,7-8,16H,2,6,9H2,1H3,(H,17,18,19). The predicted molar refractivity (Wildman–Crippen MR) is 82.4 cm³/mol. The fourth-order valence-electron chi connectivity index (χ4n) is 1.65. The van der Waals surface area contributed by atoms with Gasteiger partial charge >= 0.3 is 0 Å². The first-order valence-electron chi connectivity index (χ1n) is 6.41. The first-order valence-corrected chi connectivity index (χ1v) is 7.61. The maximum atomic E-state index is 11.2. The Balaban J connectivity index is 2.07. The number of hydrogen-bond donors (Lipinski definition) is 2. The fraction of sp³-hybridized carbons (Fsp3) is 0.286. The second-order valence-corrected chi connectivity index (χ2v) is 5.74. The van der Waals surface area contributed by atoms with Crippen LogP contribution in [0.25, 0.3) is 0 Å². The van der Waals surface area contributed by atoms with Gasteiger partial charge in [-0.05, 0) is 30.7 Å². The van der Waals surface area contributed by atoms with Crippen LogP contribution >= 0.6 is 23.4 Å². The minimum Gasteiger partial charge on any atom is -0.313 e. The second kappa shape index (κ2) is 7.47. The number of H-pyrrole nitrogens is 1. The number of aromatic nitrogens is 2. The van der Waals surface area contributed by atoms with Gasteiger partial charge in [0.1, 0.15) is 0 Å². The Morgan fingerprint density at radius 1 is 1.40 bits per heavy atom. The number of halogens is 1. The Morgan fingerprint density at radius 3 is 2.95 bits per heavy atom. The van der Waals surface area contributed by atoms with Crippen molar-refractivity contribution in [2.75, 3.05) is 6.54 Å². The lowest BCUT2D eigenvalue weighted by Gasteiger charge is -2.07. The van der Waals surface area contributed by atoms with Crippen molar-refractivity contribution in [3.8, 4) is 0 Å². The zero-order valence-electron chi connectivity index (χ0n) is 11.1. The Bertz CT molecular complexity index is 630. The Kier molecular flexibility index (Phi) is 5.64. The Morgan fingerprint density at radius 2 is 2.25 bits per heavy atom. The zero-order chi connectivity index (χ0) is 14.4. The predicted octanol–water partition coefficient (Wildman–Crippen LogP) is 3.07. The van der Waals surface area contributed by atoms with E-state index in [4.69, 9.17) is 11.6 Å². The number of nitrogens with zero attached hydrogens (tertiary/aromatic N) is 1. The van der Waals surface area contributed by atoms with Crippen LogP contribution in [0.1, 0.15) is 18.9 Å². The minimum atomic E-state index is -0.158. The van der Waals surface area contributed by atoms with E-state index in [-0.39, 0.29) is 5.56 Å². The lowest BCUT2D eigenvalue weighted by Crippen LogP contribution is -2.13. The summed E-state index contributed by atoms with van der Waals surface area (Å²) >= 11 is 7.64. The summed E-state index contributed by atoms with van der Waals surface area (Å²) < 4.78 is 0. The van der Waals surface area contributed by atoms with Gasteiger partial charge in [0.25, 0.3) is 5.56 Å². The van der Waals surface area contributed by atoms with Gasteiger partial charge < -0.3 is 10.3 Å². The van der Waals surface area contributed by atoms with Gasteiger partial charge in [-0.25, -0.2) is 4.98 Å². The van der Waals surface area contributed by atoms with Crippen molar-refractivity contribution < 1.29 is 0 Å². The average molecular weight is 310 g/mol. The normalized spacial score (nSPS) is 10.7. The topological polar surface area (TPSA) is 57.8 Å². The van der Waals surface area contributed by atoms with Crippen LogP contribution in [0.2, 0.25) is 5.02 Å². The molecule has 0 saturated heterocycles. The van der Waals surface area contributed by atoms with Crippen molar-refractivity contribution in [3.05, 3.63) is 51.4 Å². The second-order valence-electron chi connectivity index (χ2n) is 4.27. The molecule has 1 aromatic carbocycles. The molecule has 106 valence electrons. The van der Waals surface area contributed by atoms with E-state index in [1.54, 1.807) is 0 Å². The van der Waals surface area contributed by atoms with Gasteiger partial charge in [-0.3, -0.25) is 4.79 Å². The molecule has 0 aliphatic carbocycles. The molecular formula is C14H16ClN3OS. The molecule has 0 fully saturated rings. The van der Waals surface area contributed by atoms with Crippen LogP contribution in [0.15, 0.2) is 45.3 Å². The van der Waals surface area contributed by atoms with E-state index in [0.29, 0.717) is 5.16 Å². The number of nitrogens with one attached hydrogen (secondary N) is 2. The molecule has 2 N–H and O–H groups in total. The number of rotatable bonds is 6. The van der Waals surface area contributed by atoms with Crippen LogP contribution in [0.4, 0.5) is 0 Å². The smallest absolute Gasteiger partial charge is 0.251 e. The number of benzene rings is 1. The summed E-state index contributed by atoms with van der Waals surface area (Å²) in [7, 11) is 0. The van der Waals surface area contributed by atoms with E-state index in [9.17, 15) is 4.79 Å². The first-order chi connectivity index (χ1) is 9.69. The first kappa shape index (κ1) is 15.1. The monoisotopic (exact) mass is 309 g/mol. The van der Waals surface area contributed by atoms with Crippen LogP contribution in [0.5, 0.6) is 0 Å². The Hall–Kier alpha value is -1.30. The third kappa shape index (κ3) is 4.37. The molecule has 0 spiro atoms. The number of aromatic amines is 1. The molecule has 2 aromatic rings. The van der Waals surface area contributed by atoms with Gasteiger partial charge in [-0.2, -0.15) is 0 Å². The maximum Gasteiger partial charge on any atom is 0.251 e. The highest BCUT2D eigenvalue weighted by molar-refractivity contribution is 7.99. The van der Waals surface area contributed by atoms with E-state index < -0.39 is 0 Å². The van der Waals surface area contributed by atoms with Crippen molar-refractivity contribution >= 4 is 23.4 Å². The van der Waals surface area contributed by atoms with Gasteiger partial charge in [0, 0.05) is 28.7 Å². The van der Waals surface area contributed by atoms with Crippen molar-refractivity contribution in [1.29, 1.82) is 0 Å². The van der Waals surface area contributed by atoms with Crippen LogP contribution in [0, 0.1) is 0 Å². The van der Waals surface area contributed by atoms with Gasteiger partial charge in [-0.15, -0.1) is 0 Å². The third-order valence-electron chi connectivity index (χ3n) is 2.63. The summed E-state index contributed by atoms with van der Waals surface area (Å²) in [5.41, 5.74) is 0.910. The summed E-state index contributed by atoms with van der Waals surface area (Å²) in [5.74, 6) is 0. The third-order valence-corrected chi connectivity index (χ3v) is 3.87. The largest absolute Gasteiger partial charge is 0.313 e. The van der Waals surface area contributed by atoms with E-state index in [1.807, 2.05) is 18.2 Å². The van der Waals surface area contributed by atoms with Crippen LogP contribution < -0.4 is 10.9 Å².